The molecule has 4 aromatic rings. The average molecular weight is 567 g/mol. The minimum absolute atomic E-state index is 0.208. The Morgan fingerprint density at radius 1 is 1.22 bits per heavy atom. The zero-order valence-electron chi connectivity index (χ0n) is 23.2. The van der Waals surface area contributed by atoms with Gasteiger partial charge >= 0.3 is 5.97 Å². The van der Waals surface area contributed by atoms with Gasteiger partial charge in [-0.15, -0.1) is 10.2 Å². The van der Waals surface area contributed by atoms with Crippen molar-refractivity contribution in [1.29, 1.82) is 0 Å². The van der Waals surface area contributed by atoms with Gasteiger partial charge in [0.15, 0.2) is 35.4 Å². The quantitative estimate of drug-likeness (QED) is 0.232. The van der Waals surface area contributed by atoms with Crippen LogP contribution in [0.5, 0.6) is 0 Å². The number of ether oxygens (including phenoxy) is 2. The minimum Gasteiger partial charge on any atom is -0.456 e. The van der Waals surface area contributed by atoms with Crippen molar-refractivity contribution in [1.82, 2.24) is 49.3 Å². The maximum Gasteiger partial charge on any atom is 0.303 e. The van der Waals surface area contributed by atoms with Crippen molar-refractivity contribution in [3.63, 3.8) is 0 Å². The smallest absolute Gasteiger partial charge is 0.303 e. The number of tetrazole rings is 1. The van der Waals surface area contributed by atoms with Crippen molar-refractivity contribution in [2.24, 2.45) is 7.05 Å². The Labute approximate surface area is 235 Å². The van der Waals surface area contributed by atoms with Crippen LogP contribution in [-0.4, -0.2) is 85.1 Å². The molecule has 4 unspecified atom stereocenters. The Bertz CT molecular complexity index is 1510. The van der Waals surface area contributed by atoms with Crippen LogP contribution in [0.4, 0.5) is 11.8 Å². The van der Waals surface area contributed by atoms with E-state index in [9.17, 15) is 9.90 Å². The number of aryl methyl sites for hydroxylation is 2. The number of fused-ring (bicyclic) bond motifs is 1. The highest BCUT2D eigenvalue weighted by atomic mass is 16.6. The number of rotatable bonds is 10. The second-order valence-electron chi connectivity index (χ2n) is 10.4. The van der Waals surface area contributed by atoms with Gasteiger partial charge in [-0.05, 0) is 25.0 Å². The maximum atomic E-state index is 11.9. The maximum absolute atomic E-state index is 11.9. The van der Waals surface area contributed by atoms with Crippen LogP contribution in [0.1, 0.15) is 63.4 Å². The second kappa shape index (κ2) is 11.4. The predicted molar refractivity (Wildman–Crippen MR) is 145 cm³/mol. The lowest BCUT2D eigenvalue weighted by molar-refractivity contribution is -0.153. The summed E-state index contributed by atoms with van der Waals surface area (Å²) < 4.78 is 15.3. The number of aliphatic hydroxyl groups excluding tert-OH is 1. The van der Waals surface area contributed by atoms with Crippen LogP contribution in [0, 0.1) is 0 Å². The third-order valence-electron chi connectivity index (χ3n) is 7.34. The molecular weight excluding hydrogens is 532 g/mol. The van der Waals surface area contributed by atoms with Gasteiger partial charge in [0.05, 0.1) is 24.9 Å². The van der Waals surface area contributed by atoms with Crippen LogP contribution in [0.3, 0.4) is 0 Å². The van der Waals surface area contributed by atoms with Crippen molar-refractivity contribution >= 4 is 28.9 Å². The number of nitrogens with one attached hydrogen (secondary N) is 2. The fourth-order valence-corrected chi connectivity index (χ4v) is 5.36. The molecule has 6 rings (SSSR count). The summed E-state index contributed by atoms with van der Waals surface area (Å²) >= 11 is 0. The highest BCUT2D eigenvalue weighted by Gasteiger charge is 2.50. The summed E-state index contributed by atoms with van der Waals surface area (Å²) in [6, 6.07) is 0.290. The van der Waals surface area contributed by atoms with E-state index in [-0.39, 0.29) is 11.9 Å². The van der Waals surface area contributed by atoms with E-state index in [1.54, 1.807) is 17.2 Å². The molecule has 5 heterocycles. The highest BCUT2D eigenvalue weighted by molar-refractivity contribution is 5.84. The molecule has 4 atom stereocenters. The van der Waals surface area contributed by atoms with E-state index in [0.717, 1.165) is 31.4 Å². The summed E-state index contributed by atoms with van der Waals surface area (Å²) in [4.78, 5) is 31.8. The standard InChI is InChI=1S/C25H34N12O4/c1-4-37-33-22(32-34-37)20-19(40-14(2)38)18(39)24(41-20)36-13-28-17-21(29-15-7-5-6-8-15)30-25(31-23(17)36)26-10-9-16-11-35(3)12-27-16/h11-13,15,18-20,24,39H,4-10H2,1-3H3,(H2,26,29,30,31). The summed E-state index contributed by atoms with van der Waals surface area (Å²) in [6.45, 7) is 4.22. The molecule has 0 aromatic carbocycles. The van der Waals surface area contributed by atoms with E-state index in [1.165, 1.54) is 11.7 Å². The van der Waals surface area contributed by atoms with Gasteiger partial charge in [-0.2, -0.15) is 14.8 Å². The van der Waals surface area contributed by atoms with Crippen molar-refractivity contribution < 1.29 is 19.4 Å². The molecule has 0 radical (unpaired) electrons. The number of carbonyl (C=O) groups is 1. The Morgan fingerprint density at radius 3 is 2.76 bits per heavy atom. The molecule has 2 aliphatic rings. The van der Waals surface area contributed by atoms with Crippen molar-refractivity contribution in [2.45, 2.75) is 83.1 Å². The first kappa shape index (κ1) is 27.0. The van der Waals surface area contributed by atoms with Gasteiger partial charge in [-0.3, -0.25) is 9.36 Å². The molecule has 1 aliphatic heterocycles. The summed E-state index contributed by atoms with van der Waals surface area (Å²) in [5, 5.41) is 30.6. The Morgan fingerprint density at radius 2 is 2.05 bits per heavy atom. The molecule has 16 heteroatoms. The van der Waals surface area contributed by atoms with Crippen molar-refractivity contribution in [3.8, 4) is 0 Å². The summed E-state index contributed by atoms with van der Waals surface area (Å²) in [7, 11) is 1.93. The van der Waals surface area contributed by atoms with Crippen molar-refractivity contribution in [3.05, 3.63) is 30.4 Å². The average Bonchev–Trinajstić information content (AvgIpc) is 3.77. The van der Waals surface area contributed by atoms with E-state index < -0.39 is 30.5 Å². The number of imidazole rings is 2. The lowest BCUT2D eigenvalue weighted by Crippen LogP contribution is -2.33. The molecule has 1 saturated heterocycles. The second-order valence-corrected chi connectivity index (χ2v) is 10.4. The lowest BCUT2D eigenvalue weighted by Gasteiger charge is -2.19. The molecule has 4 aromatic heterocycles. The number of esters is 1. The third kappa shape index (κ3) is 5.56. The first-order chi connectivity index (χ1) is 19.9. The fraction of sp³-hybridized carbons (Fsp3) is 0.600. The topological polar surface area (TPSA) is 185 Å². The zero-order chi connectivity index (χ0) is 28.5. The van der Waals surface area contributed by atoms with Gasteiger partial charge in [0.2, 0.25) is 11.8 Å². The Hall–Kier alpha value is -4.18. The Kier molecular flexibility index (Phi) is 7.49. The molecule has 1 aliphatic carbocycles. The van der Waals surface area contributed by atoms with Gasteiger partial charge in [0.25, 0.3) is 0 Å². The molecule has 2 fully saturated rings. The molecule has 16 nitrogen and oxygen atoms in total. The van der Waals surface area contributed by atoms with Crippen LogP contribution >= 0.6 is 0 Å². The summed E-state index contributed by atoms with van der Waals surface area (Å²) in [5.41, 5.74) is 1.96. The Balaban J connectivity index is 1.32. The first-order valence-electron chi connectivity index (χ1n) is 13.9. The summed E-state index contributed by atoms with van der Waals surface area (Å²) in [5.74, 6) is 0.656. The summed E-state index contributed by atoms with van der Waals surface area (Å²) in [6.07, 6.45) is 6.16. The van der Waals surface area contributed by atoms with Crippen LogP contribution in [0.25, 0.3) is 11.2 Å². The highest BCUT2D eigenvalue weighted by Crippen LogP contribution is 2.41. The van der Waals surface area contributed by atoms with Crippen LogP contribution in [0.15, 0.2) is 18.9 Å². The molecule has 41 heavy (non-hydrogen) atoms. The normalized spacial score (nSPS) is 22.9. The first-order valence-corrected chi connectivity index (χ1v) is 13.9. The molecule has 1 saturated carbocycles. The largest absolute Gasteiger partial charge is 0.456 e. The molecule has 0 bridgehead atoms. The van der Waals surface area contributed by atoms with E-state index >= 15 is 0 Å². The SMILES string of the molecule is CCn1nnc(C2OC(n3cnc4c(NC5CCCC5)nc(NCCc5cn(C)cn5)nc43)C(O)C2OC(C)=O)n1. The number of carbonyl (C=O) groups excluding carboxylic acids is 1. The van der Waals surface area contributed by atoms with E-state index in [4.69, 9.17) is 19.4 Å². The number of nitrogens with zero attached hydrogens (tertiary/aromatic N) is 10. The van der Waals surface area contributed by atoms with Gasteiger partial charge in [0.1, 0.15) is 6.10 Å². The van der Waals surface area contributed by atoms with E-state index in [1.807, 2.05) is 24.7 Å². The van der Waals surface area contributed by atoms with Gasteiger partial charge in [-0.25, -0.2) is 9.97 Å². The number of aromatic nitrogens is 10. The number of aliphatic hydroxyl groups is 1. The predicted octanol–water partition coefficient (Wildman–Crippen LogP) is 1.14. The molecule has 0 spiro atoms. The third-order valence-corrected chi connectivity index (χ3v) is 7.34. The van der Waals surface area contributed by atoms with Crippen LogP contribution in [0.2, 0.25) is 0 Å². The van der Waals surface area contributed by atoms with Gasteiger partial charge < -0.3 is 29.8 Å². The van der Waals surface area contributed by atoms with Crippen LogP contribution in [-0.2, 0) is 34.3 Å². The lowest BCUT2D eigenvalue weighted by atomic mass is 10.1. The number of anilines is 2. The molecule has 218 valence electrons. The zero-order valence-corrected chi connectivity index (χ0v) is 23.2. The minimum atomic E-state index is -1.25. The molecular formula is C25H34N12O4. The van der Waals surface area contributed by atoms with Gasteiger partial charge in [0, 0.05) is 39.2 Å². The monoisotopic (exact) mass is 566 g/mol. The number of hydrogen-bond donors (Lipinski definition) is 3. The van der Waals surface area contributed by atoms with E-state index in [0.29, 0.717) is 42.4 Å². The molecule has 0 amide bonds. The number of hydrogen-bond acceptors (Lipinski definition) is 13. The van der Waals surface area contributed by atoms with E-state index in [2.05, 4.69) is 36.0 Å². The molecule has 3 N–H and O–H groups in total. The van der Waals surface area contributed by atoms with Gasteiger partial charge in [-0.1, -0.05) is 12.8 Å². The van der Waals surface area contributed by atoms with Crippen molar-refractivity contribution in [2.75, 3.05) is 17.2 Å². The fourth-order valence-electron chi connectivity index (χ4n) is 5.36. The van der Waals surface area contributed by atoms with Crippen LogP contribution < -0.4 is 10.6 Å².